The molecule has 0 saturated heterocycles. The van der Waals surface area contributed by atoms with Gasteiger partial charge < -0.3 is 5.73 Å². The molecule has 0 aliphatic rings. The molecule has 108 valence electrons. The second-order valence-electron chi connectivity index (χ2n) is 3.99. The lowest BCUT2D eigenvalue weighted by molar-refractivity contribution is 0.598. The molecule has 1 aromatic heterocycles. The molecule has 0 saturated carbocycles. The summed E-state index contributed by atoms with van der Waals surface area (Å²) in [5, 5.41) is 0. The van der Waals surface area contributed by atoms with Gasteiger partial charge in [0.15, 0.2) is 5.82 Å². The van der Waals surface area contributed by atoms with E-state index in [1.807, 2.05) is 0 Å². The summed E-state index contributed by atoms with van der Waals surface area (Å²) in [6.45, 7) is 0.178. The van der Waals surface area contributed by atoms with Crippen LogP contribution in [0.4, 0.5) is 10.1 Å². The maximum atomic E-state index is 13.5. The van der Waals surface area contributed by atoms with Crippen molar-refractivity contribution in [2.24, 2.45) is 5.73 Å². The van der Waals surface area contributed by atoms with Crippen LogP contribution < -0.4 is 10.5 Å². The fourth-order valence-electron chi connectivity index (χ4n) is 1.56. The lowest BCUT2D eigenvalue weighted by Crippen LogP contribution is -2.14. The molecule has 0 fully saturated rings. The Kier molecular flexibility index (Phi) is 4.52. The lowest BCUT2D eigenvalue weighted by Gasteiger charge is -2.08. The van der Waals surface area contributed by atoms with Crippen molar-refractivity contribution in [2.75, 3.05) is 11.3 Å². The summed E-state index contributed by atoms with van der Waals surface area (Å²) < 4.78 is 40.0. The SMILES string of the molecule is NCC#Cc1cccc(S(=O)(=O)Nc2ccncc2F)c1. The number of aromatic nitrogens is 1. The van der Waals surface area contributed by atoms with Gasteiger partial charge in [-0.15, -0.1) is 0 Å². The summed E-state index contributed by atoms with van der Waals surface area (Å²) in [7, 11) is -3.90. The molecule has 2 rings (SSSR count). The molecular weight excluding hydrogens is 293 g/mol. The Labute approximate surface area is 122 Å². The number of rotatable bonds is 3. The third-order valence-electron chi connectivity index (χ3n) is 2.50. The van der Waals surface area contributed by atoms with Crippen molar-refractivity contribution in [1.82, 2.24) is 4.98 Å². The van der Waals surface area contributed by atoms with Crippen molar-refractivity contribution in [3.05, 3.63) is 54.1 Å². The van der Waals surface area contributed by atoms with E-state index in [0.717, 1.165) is 6.20 Å². The van der Waals surface area contributed by atoms with Gasteiger partial charge in [0.05, 0.1) is 23.3 Å². The van der Waals surface area contributed by atoms with E-state index in [9.17, 15) is 12.8 Å². The molecule has 5 nitrogen and oxygen atoms in total. The minimum Gasteiger partial charge on any atom is -0.320 e. The minimum atomic E-state index is -3.90. The summed E-state index contributed by atoms with van der Waals surface area (Å²) in [6.07, 6.45) is 2.23. The first-order valence-corrected chi connectivity index (χ1v) is 7.42. The standard InChI is InChI=1S/C14H12FN3O2S/c15-13-10-17-8-6-14(13)18-21(19,20)12-5-1-3-11(9-12)4-2-7-16/h1,3,5-6,8-10H,7,16H2,(H,17,18). The fraction of sp³-hybridized carbons (Fsp3) is 0.0714. The zero-order valence-electron chi connectivity index (χ0n) is 10.9. The molecule has 1 heterocycles. The summed E-state index contributed by atoms with van der Waals surface area (Å²) >= 11 is 0. The fourth-order valence-corrected chi connectivity index (χ4v) is 2.67. The highest BCUT2D eigenvalue weighted by atomic mass is 32.2. The predicted octanol–water partition coefficient (Wildman–Crippen LogP) is 1.33. The van der Waals surface area contributed by atoms with Crippen LogP contribution >= 0.6 is 0 Å². The number of hydrogen-bond donors (Lipinski definition) is 2. The topological polar surface area (TPSA) is 85.1 Å². The Bertz CT molecular complexity index is 810. The van der Waals surface area contributed by atoms with E-state index >= 15 is 0 Å². The molecule has 0 unspecified atom stereocenters. The number of nitrogens with one attached hydrogen (secondary N) is 1. The quantitative estimate of drug-likeness (QED) is 0.838. The molecule has 21 heavy (non-hydrogen) atoms. The van der Waals surface area contributed by atoms with Crippen molar-refractivity contribution in [3.8, 4) is 11.8 Å². The summed E-state index contributed by atoms with van der Waals surface area (Å²) in [6, 6.07) is 7.25. The number of benzene rings is 1. The third-order valence-corrected chi connectivity index (χ3v) is 3.86. The van der Waals surface area contributed by atoms with E-state index in [2.05, 4.69) is 21.5 Å². The van der Waals surface area contributed by atoms with Gasteiger partial charge in [-0.2, -0.15) is 0 Å². The van der Waals surface area contributed by atoms with Crippen LogP contribution in [-0.2, 0) is 10.0 Å². The molecule has 7 heteroatoms. The average molecular weight is 305 g/mol. The van der Waals surface area contributed by atoms with E-state index < -0.39 is 15.8 Å². The van der Waals surface area contributed by atoms with Crippen LogP contribution in [0.25, 0.3) is 0 Å². The van der Waals surface area contributed by atoms with Crippen LogP contribution in [0.3, 0.4) is 0 Å². The van der Waals surface area contributed by atoms with Crippen molar-refractivity contribution in [2.45, 2.75) is 4.90 Å². The number of nitrogens with zero attached hydrogens (tertiary/aromatic N) is 1. The largest absolute Gasteiger partial charge is 0.320 e. The first kappa shape index (κ1) is 15.0. The summed E-state index contributed by atoms with van der Waals surface area (Å²) in [5.41, 5.74) is 5.62. The Morgan fingerprint density at radius 1 is 1.33 bits per heavy atom. The molecule has 0 radical (unpaired) electrons. The van der Waals surface area contributed by atoms with Gasteiger partial charge in [-0.05, 0) is 24.3 Å². The molecule has 2 aromatic rings. The monoisotopic (exact) mass is 305 g/mol. The van der Waals surface area contributed by atoms with Crippen LogP contribution in [0.1, 0.15) is 5.56 Å². The highest BCUT2D eigenvalue weighted by Crippen LogP contribution is 2.18. The van der Waals surface area contributed by atoms with Gasteiger partial charge in [-0.3, -0.25) is 9.71 Å². The van der Waals surface area contributed by atoms with Crippen molar-refractivity contribution in [1.29, 1.82) is 0 Å². The third kappa shape index (κ3) is 3.78. The van der Waals surface area contributed by atoms with Gasteiger partial charge >= 0.3 is 0 Å². The van der Waals surface area contributed by atoms with Crippen LogP contribution in [0.15, 0.2) is 47.6 Å². The van der Waals surface area contributed by atoms with E-state index in [1.165, 1.54) is 24.4 Å². The number of halogens is 1. The maximum absolute atomic E-state index is 13.5. The van der Waals surface area contributed by atoms with Gasteiger partial charge in [-0.1, -0.05) is 17.9 Å². The maximum Gasteiger partial charge on any atom is 0.262 e. The van der Waals surface area contributed by atoms with Gasteiger partial charge in [0.2, 0.25) is 0 Å². The highest BCUT2D eigenvalue weighted by Gasteiger charge is 2.16. The van der Waals surface area contributed by atoms with Crippen molar-refractivity contribution in [3.63, 3.8) is 0 Å². The lowest BCUT2D eigenvalue weighted by atomic mass is 10.2. The van der Waals surface area contributed by atoms with Gasteiger partial charge in [0.1, 0.15) is 0 Å². The van der Waals surface area contributed by atoms with E-state index in [1.54, 1.807) is 12.1 Å². The molecule has 0 atom stereocenters. The number of nitrogens with two attached hydrogens (primary N) is 1. The number of anilines is 1. The van der Waals surface area contributed by atoms with Crippen LogP contribution in [0.2, 0.25) is 0 Å². The second kappa shape index (κ2) is 6.35. The first-order valence-electron chi connectivity index (χ1n) is 5.94. The molecule has 0 bridgehead atoms. The van der Waals surface area contributed by atoms with Crippen LogP contribution in [-0.4, -0.2) is 19.9 Å². The van der Waals surface area contributed by atoms with Crippen LogP contribution in [0.5, 0.6) is 0 Å². The second-order valence-corrected chi connectivity index (χ2v) is 5.68. The zero-order valence-corrected chi connectivity index (χ0v) is 11.7. The van der Waals surface area contributed by atoms with Gasteiger partial charge in [0, 0.05) is 11.8 Å². The highest BCUT2D eigenvalue weighted by molar-refractivity contribution is 7.92. The average Bonchev–Trinajstić information content (AvgIpc) is 2.48. The molecule has 0 aliphatic carbocycles. The first-order chi connectivity index (χ1) is 10.0. The minimum absolute atomic E-state index is 0.0115. The summed E-state index contributed by atoms with van der Waals surface area (Å²) in [5.74, 6) is 4.63. The smallest absolute Gasteiger partial charge is 0.262 e. The van der Waals surface area contributed by atoms with Crippen molar-refractivity contribution < 1.29 is 12.8 Å². The number of hydrogen-bond acceptors (Lipinski definition) is 4. The Morgan fingerprint density at radius 2 is 2.14 bits per heavy atom. The van der Waals surface area contributed by atoms with Crippen molar-refractivity contribution >= 4 is 15.7 Å². The molecular formula is C14H12FN3O2S. The molecule has 0 spiro atoms. The van der Waals surface area contributed by atoms with E-state index in [0.29, 0.717) is 5.56 Å². The Morgan fingerprint density at radius 3 is 2.86 bits per heavy atom. The Balaban J connectivity index is 2.34. The normalized spacial score (nSPS) is 10.6. The van der Waals surface area contributed by atoms with E-state index in [-0.39, 0.29) is 17.1 Å². The Hall–Kier alpha value is -2.43. The molecule has 0 amide bonds. The number of pyridine rings is 1. The van der Waals surface area contributed by atoms with Gasteiger partial charge in [-0.25, -0.2) is 12.8 Å². The van der Waals surface area contributed by atoms with Crippen LogP contribution in [0, 0.1) is 17.7 Å². The predicted molar refractivity (Wildman–Crippen MR) is 77.4 cm³/mol. The summed E-state index contributed by atoms with van der Waals surface area (Å²) in [4.78, 5) is 3.54. The molecule has 0 aliphatic heterocycles. The molecule has 3 N–H and O–H groups in total. The molecule has 1 aromatic carbocycles. The van der Waals surface area contributed by atoms with Gasteiger partial charge in [0.25, 0.3) is 10.0 Å². The van der Waals surface area contributed by atoms with E-state index in [4.69, 9.17) is 5.73 Å². The zero-order chi connectivity index (χ0) is 15.3. The number of sulfonamides is 1.